The van der Waals surface area contributed by atoms with Gasteiger partial charge in [-0.25, -0.2) is 4.79 Å². The number of carbonyl (C=O) groups is 1. The molecular weight excluding hydrogens is 993 g/mol. The minimum absolute atomic E-state index is 0. The third-order valence-corrected chi connectivity index (χ3v) is 10.6. The Labute approximate surface area is 398 Å². The number of nitrogens with zero attached hydrogens (tertiary/aromatic N) is 1. The van der Waals surface area contributed by atoms with Crippen LogP contribution in [0.5, 0.6) is 5.88 Å². The maximum atomic E-state index is 13.7. The molecule has 4 nitrogen and oxygen atoms in total. The molecule has 13 heteroatoms. The molecular formula is C52H36Cl2F6NO3Sb. The van der Waals surface area contributed by atoms with Gasteiger partial charge >= 0.3 is 36.3 Å². The van der Waals surface area contributed by atoms with Gasteiger partial charge in [0.2, 0.25) is 11.2 Å². The van der Waals surface area contributed by atoms with Crippen LogP contribution in [-0.4, -0.2) is 42.8 Å². The van der Waals surface area contributed by atoms with Crippen LogP contribution in [0.4, 0.5) is 0 Å². The van der Waals surface area contributed by atoms with Crippen molar-refractivity contribution in [2.24, 2.45) is 0 Å². The zero-order chi connectivity index (χ0) is 39.6. The Balaban J connectivity index is 0.00000142. The monoisotopic (exact) mass is 1030 g/mol. The van der Waals surface area contributed by atoms with E-state index in [0.29, 0.717) is 17.2 Å². The van der Waals surface area contributed by atoms with Gasteiger partial charge in [0, 0.05) is 33.0 Å². The molecule has 0 spiro atoms. The number of rotatable bonds is 6. The number of halogens is 8. The Morgan fingerprint density at radius 2 is 0.938 bits per heavy atom. The minimum atomic E-state index is -0.402. The first-order valence-corrected chi connectivity index (χ1v) is 20.0. The van der Waals surface area contributed by atoms with Crippen molar-refractivity contribution in [2.75, 3.05) is 12.4 Å². The van der Waals surface area contributed by atoms with E-state index in [1.807, 2.05) is 54.6 Å². The number of benzene rings is 7. The van der Waals surface area contributed by atoms with Crippen molar-refractivity contribution in [3.63, 3.8) is 0 Å². The second kappa shape index (κ2) is 24.1. The Morgan fingerprint density at radius 1 is 0.523 bits per heavy atom. The largest absolute Gasteiger partial charge is 5.00 e. The van der Waals surface area contributed by atoms with Gasteiger partial charge in [-0.1, -0.05) is 158 Å². The number of aromatic nitrogens is 1. The van der Waals surface area contributed by atoms with E-state index in [1.54, 1.807) is 0 Å². The topological polar surface area (TPSA) is 39.6 Å². The molecule has 1 aliphatic heterocycles. The van der Waals surface area contributed by atoms with Gasteiger partial charge in [0.1, 0.15) is 11.1 Å². The van der Waals surface area contributed by atoms with Gasteiger partial charge in [-0.2, -0.15) is 0 Å². The van der Waals surface area contributed by atoms with E-state index in [0.717, 1.165) is 82.8 Å². The molecule has 0 bridgehead atoms. The van der Waals surface area contributed by atoms with Crippen molar-refractivity contribution in [2.45, 2.75) is 0 Å². The molecule has 0 saturated carbocycles. The van der Waals surface area contributed by atoms with Crippen molar-refractivity contribution in [3.05, 3.63) is 210 Å². The van der Waals surface area contributed by atoms with E-state index in [1.165, 1.54) is 7.11 Å². The van der Waals surface area contributed by atoms with Crippen molar-refractivity contribution in [1.29, 1.82) is 0 Å². The SMILES string of the molecule is COC(=O)c1cc2c3c([n+]4c(-c5ccccc5)c(-c5ccccc5)c5ccccc5c4c(-c4ccccc4)c3c1)OC(c1ccccc1)=C2c1ccccc1.ClCCl.[F-].[F-].[F-].[F-].[F-].[F-].[Sb+5]. The number of ether oxygens (including phenoxy) is 2. The van der Waals surface area contributed by atoms with Crippen LogP contribution in [0.3, 0.4) is 0 Å². The second-order valence-corrected chi connectivity index (χ2v) is 14.6. The molecule has 0 fully saturated rings. The molecule has 0 aliphatic carbocycles. The summed E-state index contributed by atoms with van der Waals surface area (Å²) in [6.45, 7) is 0. The van der Waals surface area contributed by atoms with Crippen LogP contribution in [-0.2, 0) is 4.74 Å². The Hall–Kier alpha value is -6.32. The molecule has 3 heterocycles. The van der Waals surface area contributed by atoms with Crippen LogP contribution in [0.1, 0.15) is 27.0 Å². The molecule has 65 heavy (non-hydrogen) atoms. The fourth-order valence-electron chi connectivity index (χ4n) is 8.29. The van der Waals surface area contributed by atoms with Gasteiger partial charge in [0.25, 0.3) is 0 Å². The second-order valence-electron chi connectivity index (χ2n) is 13.8. The summed E-state index contributed by atoms with van der Waals surface area (Å²) in [4.78, 5) is 13.7. The number of esters is 1. The summed E-state index contributed by atoms with van der Waals surface area (Å²) in [5.41, 5.74) is 11.4. The molecule has 7 aromatic carbocycles. The fourth-order valence-corrected chi connectivity index (χ4v) is 8.29. The van der Waals surface area contributed by atoms with Crippen LogP contribution < -0.4 is 37.4 Å². The van der Waals surface area contributed by atoms with Crippen molar-refractivity contribution < 1.29 is 46.9 Å². The van der Waals surface area contributed by atoms with E-state index in [9.17, 15) is 4.79 Å². The van der Waals surface area contributed by atoms with Crippen LogP contribution in [0.15, 0.2) is 188 Å². The number of hydrogen-bond acceptors (Lipinski definition) is 3. The summed E-state index contributed by atoms with van der Waals surface area (Å²) in [6.07, 6.45) is 0. The number of hydrogen-bond donors (Lipinski definition) is 0. The fraction of sp³-hybridized carbons (Fsp3) is 0.0385. The number of methoxy groups -OCH3 is 1. The van der Waals surface area contributed by atoms with E-state index < -0.39 is 5.97 Å². The molecule has 10 rings (SSSR count). The number of alkyl halides is 2. The molecule has 9 aromatic rings. The van der Waals surface area contributed by atoms with Gasteiger partial charge in [-0.05, 0) is 47.0 Å². The average Bonchev–Trinajstić information content (AvgIpc) is 3.29. The standard InChI is InChI=1S/C51H34NO3.CH2Cl2.6FH.Sb/c1-54-51(53)38-31-41-44(34-21-9-3-10-22-34)48-40-30-18-17-29-39(40)43(33-19-7-2-8-20-33)47(36-25-13-5-14-26-36)52(48)50-46(41)42(32-38)45(35-23-11-4-12-24-35)49(55-50)37-27-15-6-16-28-37;2-1-3;;;;;;;/h2-32H,1H3;1H2;6*1H;/q+1;;;;;;;;+5/p-6. The van der Waals surface area contributed by atoms with E-state index in [2.05, 4.69) is 138 Å². The maximum absolute atomic E-state index is 13.7. The van der Waals surface area contributed by atoms with Crippen LogP contribution in [0.25, 0.3) is 71.9 Å². The molecule has 0 saturated heterocycles. The molecule has 0 radical (unpaired) electrons. The summed E-state index contributed by atoms with van der Waals surface area (Å²) < 4.78 is 15.3. The van der Waals surface area contributed by atoms with Crippen LogP contribution in [0, 0.1) is 0 Å². The Bertz CT molecular complexity index is 3030. The summed E-state index contributed by atoms with van der Waals surface area (Å²) >= 11 is 9.53. The summed E-state index contributed by atoms with van der Waals surface area (Å²) in [7, 11) is 1.44. The normalized spacial score (nSPS) is 10.6. The Morgan fingerprint density at radius 3 is 1.43 bits per heavy atom. The maximum Gasteiger partial charge on any atom is 5.00 e. The first-order chi connectivity index (χ1) is 28.6. The first-order valence-electron chi connectivity index (χ1n) is 19.0. The van der Waals surface area contributed by atoms with E-state index >= 15 is 0 Å². The third kappa shape index (κ3) is 9.86. The summed E-state index contributed by atoms with van der Waals surface area (Å²) in [5.74, 6) is 0.981. The molecule has 0 unspecified atom stereocenters. The Kier molecular flexibility index (Phi) is 20.3. The van der Waals surface area contributed by atoms with Gasteiger partial charge in [-0.3, -0.25) is 0 Å². The van der Waals surface area contributed by atoms with E-state index in [-0.39, 0.29) is 58.0 Å². The van der Waals surface area contributed by atoms with Gasteiger partial charge in [0.05, 0.1) is 34.5 Å². The van der Waals surface area contributed by atoms with Crippen LogP contribution in [0.2, 0.25) is 0 Å². The molecule has 2 aromatic heterocycles. The quantitative estimate of drug-likeness (QED) is 0.0319. The number of fused-ring (bicyclic) bond motifs is 4. The zero-order valence-corrected chi connectivity index (χ0v) is 38.3. The van der Waals surface area contributed by atoms with E-state index in [4.69, 9.17) is 32.7 Å². The molecule has 1 aliphatic rings. The average molecular weight is 1030 g/mol. The smallest absolute Gasteiger partial charge is 1.00 e. The predicted octanol–water partition coefficient (Wildman–Crippen LogP) is -5.11. The van der Waals surface area contributed by atoms with Gasteiger partial charge < -0.3 is 37.7 Å². The minimum Gasteiger partial charge on any atom is -1.00 e. The third-order valence-electron chi connectivity index (χ3n) is 10.6. The zero-order valence-electron chi connectivity index (χ0n) is 34.2. The van der Waals surface area contributed by atoms with Gasteiger partial charge in [-0.15, -0.1) is 27.6 Å². The summed E-state index contributed by atoms with van der Waals surface area (Å²) in [5, 5.41) is 4.18. The number of pyridine rings is 2. The molecule has 328 valence electrons. The number of carbonyl (C=O) groups excluding carboxylic acids is 1. The first kappa shape index (κ1) is 54.8. The van der Waals surface area contributed by atoms with Gasteiger partial charge in [0.15, 0.2) is 0 Å². The van der Waals surface area contributed by atoms with Crippen molar-refractivity contribution >= 4 is 92.0 Å². The van der Waals surface area contributed by atoms with Crippen molar-refractivity contribution in [3.8, 4) is 39.4 Å². The van der Waals surface area contributed by atoms with Crippen molar-refractivity contribution in [1.82, 2.24) is 0 Å². The summed E-state index contributed by atoms with van der Waals surface area (Å²) in [6, 6.07) is 64.8. The predicted molar refractivity (Wildman–Crippen MR) is 244 cm³/mol. The molecule has 0 atom stereocenters. The van der Waals surface area contributed by atoms with Crippen LogP contribution >= 0.6 is 23.2 Å². The molecule has 0 N–H and O–H groups in total. The molecule has 0 amide bonds.